The third-order valence-corrected chi connectivity index (χ3v) is 7.41. The van der Waals surface area contributed by atoms with E-state index in [9.17, 15) is 19.7 Å². The summed E-state index contributed by atoms with van der Waals surface area (Å²) >= 11 is 7.98. The van der Waals surface area contributed by atoms with E-state index in [1.807, 2.05) is 28.5 Å². The van der Waals surface area contributed by atoms with E-state index in [4.69, 9.17) is 16.0 Å². The molecule has 2 amide bonds. The van der Waals surface area contributed by atoms with Crippen molar-refractivity contribution in [3.63, 3.8) is 0 Å². The van der Waals surface area contributed by atoms with Crippen LogP contribution in [0.4, 0.5) is 17.1 Å². The van der Waals surface area contributed by atoms with Crippen LogP contribution in [0.3, 0.4) is 0 Å². The van der Waals surface area contributed by atoms with E-state index in [2.05, 4.69) is 10.2 Å². The molecule has 9 nitrogen and oxygen atoms in total. The summed E-state index contributed by atoms with van der Waals surface area (Å²) in [5.74, 6) is 0.377. The Morgan fingerprint density at radius 2 is 1.82 bits per heavy atom. The van der Waals surface area contributed by atoms with Crippen LogP contribution < -0.4 is 10.2 Å². The van der Waals surface area contributed by atoms with E-state index in [1.54, 1.807) is 42.5 Å². The number of furan rings is 1. The van der Waals surface area contributed by atoms with E-state index >= 15 is 0 Å². The molecule has 0 unspecified atom stereocenters. The van der Waals surface area contributed by atoms with Gasteiger partial charge in [-0.1, -0.05) is 29.8 Å². The van der Waals surface area contributed by atoms with E-state index in [0.717, 1.165) is 10.6 Å². The summed E-state index contributed by atoms with van der Waals surface area (Å²) < 4.78 is 5.68. The minimum atomic E-state index is -0.468. The van der Waals surface area contributed by atoms with Gasteiger partial charge in [0.15, 0.2) is 0 Å². The summed E-state index contributed by atoms with van der Waals surface area (Å²) in [6, 6.07) is 18.6. The number of hydrogen-bond acceptors (Lipinski definition) is 7. The van der Waals surface area contributed by atoms with Gasteiger partial charge in [0.25, 0.3) is 11.6 Å². The maximum absolute atomic E-state index is 12.6. The average Bonchev–Trinajstić information content (AvgIpc) is 3.65. The van der Waals surface area contributed by atoms with Gasteiger partial charge in [0, 0.05) is 44.0 Å². The van der Waals surface area contributed by atoms with Crippen LogP contribution in [0, 0.1) is 10.1 Å². The number of nitrogens with zero attached hydrogens (tertiary/aromatic N) is 3. The Bertz CT molecular complexity index is 1540. The molecule has 4 aromatic rings. The Balaban J connectivity index is 1.18. The monoisotopic (exact) mass is 562 g/mol. The first kappa shape index (κ1) is 26.2. The van der Waals surface area contributed by atoms with Crippen molar-refractivity contribution >= 4 is 57.9 Å². The molecule has 1 N–H and O–H groups in total. The fourth-order valence-corrected chi connectivity index (χ4v) is 5.31. The lowest BCUT2D eigenvalue weighted by atomic mass is 10.1. The van der Waals surface area contributed by atoms with Crippen LogP contribution in [-0.4, -0.2) is 47.8 Å². The van der Waals surface area contributed by atoms with Gasteiger partial charge in [-0.3, -0.25) is 19.7 Å². The average molecular weight is 563 g/mol. The number of carbonyl (C=O) groups excluding carboxylic acids is 2. The molecule has 0 saturated carbocycles. The number of rotatable bonds is 7. The standard InChI is InChI=1S/C28H23ClN4O5S/c29-22-18-19(7-10-24(22)31-13-15-32(16-14-31)28(35)26-6-3-17-39-26)30-27(34)12-9-20-8-11-25(38-20)21-4-1-2-5-23(21)33(36)37/h1-12,17-18H,13-16H2,(H,30,34)/b12-9+. The second-order valence-electron chi connectivity index (χ2n) is 8.72. The zero-order chi connectivity index (χ0) is 27.4. The molecule has 0 aliphatic carbocycles. The molecule has 1 fully saturated rings. The second kappa shape index (κ2) is 11.5. The molecule has 39 heavy (non-hydrogen) atoms. The Hall–Kier alpha value is -4.41. The van der Waals surface area contributed by atoms with Gasteiger partial charge in [-0.15, -0.1) is 11.3 Å². The van der Waals surface area contributed by atoms with Gasteiger partial charge in [-0.05, 0) is 53.9 Å². The van der Waals surface area contributed by atoms with Crippen molar-refractivity contribution in [2.45, 2.75) is 0 Å². The molecule has 1 aliphatic heterocycles. The summed E-state index contributed by atoms with van der Waals surface area (Å²) in [5.41, 5.74) is 1.67. The lowest BCUT2D eigenvalue weighted by Crippen LogP contribution is -2.48. The predicted octanol–water partition coefficient (Wildman–Crippen LogP) is 6.18. The summed E-state index contributed by atoms with van der Waals surface area (Å²) in [7, 11) is 0. The van der Waals surface area contributed by atoms with Crippen molar-refractivity contribution in [3.8, 4) is 11.3 Å². The maximum atomic E-state index is 12.6. The SMILES string of the molecule is O=C(/C=C/c1ccc(-c2ccccc2[N+](=O)[O-])o1)Nc1ccc(N2CCN(C(=O)c3cccs3)CC2)c(Cl)c1. The normalized spacial score (nSPS) is 13.6. The zero-order valence-corrected chi connectivity index (χ0v) is 22.2. The first-order chi connectivity index (χ1) is 18.9. The third kappa shape index (κ3) is 6.02. The van der Waals surface area contributed by atoms with Gasteiger partial charge in [-0.2, -0.15) is 0 Å². The Morgan fingerprint density at radius 3 is 2.54 bits per heavy atom. The van der Waals surface area contributed by atoms with Crippen molar-refractivity contribution in [1.29, 1.82) is 0 Å². The topological polar surface area (TPSA) is 109 Å². The molecular weight excluding hydrogens is 540 g/mol. The van der Waals surface area contributed by atoms with Gasteiger partial charge < -0.3 is 19.5 Å². The summed E-state index contributed by atoms with van der Waals surface area (Å²) in [6.45, 7) is 2.51. The van der Waals surface area contributed by atoms with Crippen molar-refractivity contribution < 1.29 is 18.9 Å². The van der Waals surface area contributed by atoms with Gasteiger partial charge in [0.1, 0.15) is 11.5 Å². The number of benzene rings is 2. The van der Waals surface area contributed by atoms with Crippen LogP contribution in [0.1, 0.15) is 15.4 Å². The summed E-state index contributed by atoms with van der Waals surface area (Å²) in [4.78, 5) is 40.6. The third-order valence-electron chi connectivity index (χ3n) is 6.25. The van der Waals surface area contributed by atoms with E-state index < -0.39 is 4.92 Å². The fourth-order valence-electron chi connectivity index (χ4n) is 4.32. The van der Waals surface area contributed by atoms with E-state index in [0.29, 0.717) is 54.0 Å². The molecule has 2 aromatic carbocycles. The highest BCUT2D eigenvalue weighted by atomic mass is 35.5. The molecule has 5 rings (SSSR count). The molecule has 0 atom stereocenters. The van der Waals surface area contributed by atoms with Gasteiger partial charge in [-0.25, -0.2) is 0 Å². The minimum absolute atomic E-state index is 0.0500. The number of nitrogens with one attached hydrogen (secondary N) is 1. The molecule has 0 spiro atoms. The van der Waals surface area contributed by atoms with Crippen molar-refractivity contribution in [2.75, 3.05) is 36.4 Å². The van der Waals surface area contributed by atoms with Crippen LogP contribution in [0.25, 0.3) is 17.4 Å². The molecule has 0 radical (unpaired) electrons. The highest BCUT2D eigenvalue weighted by Gasteiger charge is 2.24. The number of halogens is 1. The molecule has 3 heterocycles. The van der Waals surface area contributed by atoms with Crippen molar-refractivity contribution in [2.24, 2.45) is 0 Å². The number of anilines is 2. The number of para-hydroxylation sites is 1. The number of hydrogen-bond donors (Lipinski definition) is 1. The summed E-state index contributed by atoms with van der Waals surface area (Å²) in [6.07, 6.45) is 2.80. The quantitative estimate of drug-likeness (QED) is 0.163. The van der Waals surface area contributed by atoms with Gasteiger partial charge in [0.2, 0.25) is 5.91 Å². The van der Waals surface area contributed by atoms with Crippen LogP contribution in [0.5, 0.6) is 0 Å². The first-order valence-electron chi connectivity index (χ1n) is 12.1. The van der Waals surface area contributed by atoms with Crippen LogP contribution in [-0.2, 0) is 4.79 Å². The van der Waals surface area contributed by atoms with Gasteiger partial charge in [0.05, 0.1) is 26.1 Å². The second-order valence-corrected chi connectivity index (χ2v) is 10.1. The zero-order valence-electron chi connectivity index (χ0n) is 20.6. The highest BCUT2D eigenvalue weighted by Crippen LogP contribution is 2.32. The number of thiophene rings is 1. The summed E-state index contributed by atoms with van der Waals surface area (Å²) in [5, 5.41) is 16.4. The predicted molar refractivity (Wildman–Crippen MR) is 152 cm³/mol. The molecule has 198 valence electrons. The number of amides is 2. The Morgan fingerprint density at radius 1 is 1.03 bits per heavy atom. The van der Waals surface area contributed by atoms with Crippen LogP contribution >= 0.6 is 22.9 Å². The lowest BCUT2D eigenvalue weighted by molar-refractivity contribution is -0.384. The molecule has 1 saturated heterocycles. The first-order valence-corrected chi connectivity index (χ1v) is 13.3. The minimum Gasteiger partial charge on any atom is -0.456 e. The fraction of sp³-hybridized carbons (Fsp3) is 0.143. The number of piperazine rings is 1. The molecule has 2 aromatic heterocycles. The van der Waals surface area contributed by atoms with E-state index in [-0.39, 0.29) is 17.5 Å². The number of carbonyl (C=O) groups is 2. The van der Waals surface area contributed by atoms with E-state index in [1.165, 1.54) is 29.6 Å². The Kier molecular flexibility index (Phi) is 7.76. The number of nitro benzene ring substituents is 1. The van der Waals surface area contributed by atoms with Crippen LogP contribution in [0.2, 0.25) is 5.02 Å². The van der Waals surface area contributed by atoms with Crippen molar-refractivity contribution in [1.82, 2.24) is 4.90 Å². The van der Waals surface area contributed by atoms with Crippen molar-refractivity contribution in [3.05, 3.63) is 104 Å². The van der Waals surface area contributed by atoms with Crippen LogP contribution in [0.15, 0.2) is 82.6 Å². The Labute approximate surface area is 233 Å². The molecule has 0 bridgehead atoms. The molecule has 1 aliphatic rings. The number of nitro groups is 1. The van der Waals surface area contributed by atoms with Gasteiger partial charge >= 0.3 is 0 Å². The highest BCUT2D eigenvalue weighted by molar-refractivity contribution is 7.12. The largest absolute Gasteiger partial charge is 0.456 e. The lowest BCUT2D eigenvalue weighted by Gasteiger charge is -2.36. The molecule has 11 heteroatoms. The molecular formula is C28H23ClN4O5S. The maximum Gasteiger partial charge on any atom is 0.280 e. The smallest absolute Gasteiger partial charge is 0.280 e.